The van der Waals surface area contributed by atoms with E-state index in [9.17, 15) is 18.0 Å². The molecule has 3 aromatic carbocycles. The summed E-state index contributed by atoms with van der Waals surface area (Å²) in [5.74, 6) is 0.0574. The van der Waals surface area contributed by atoms with Crippen molar-refractivity contribution in [3.05, 3.63) is 78.4 Å². The summed E-state index contributed by atoms with van der Waals surface area (Å²) >= 11 is 1.50. The molecular formula is C33H43N3O6S2. The van der Waals surface area contributed by atoms with E-state index in [4.69, 9.17) is 9.47 Å². The van der Waals surface area contributed by atoms with Gasteiger partial charge in [-0.2, -0.15) is 0 Å². The van der Waals surface area contributed by atoms with Crippen molar-refractivity contribution >= 4 is 39.3 Å². The van der Waals surface area contributed by atoms with Crippen LogP contribution in [0.1, 0.15) is 46.6 Å². The maximum absolute atomic E-state index is 14.4. The summed E-state index contributed by atoms with van der Waals surface area (Å²) in [6, 6.07) is 19.6. The number of thioether (sulfide) groups is 1. The molecule has 0 fully saturated rings. The lowest BCUT2D eigenvalue weighted by Gasteiger charge is -2.35. The van der Waals surface area contributed by atoms with Gasteiger partial charge in [0.25, 0.3) is 10.0 Å². The molecule has 0 bridgehead atoms. The number of para-hydroxylation sites is 2. The third-order valence-electron chi connectivity index (χ3n) is 6.73. The van der Waals surface area contributed by atoms with Gasteiger partial charge in [0.1, 0.15) is 24.1 Å². The largest absolute Gasteiger partial charge is 0.497 e. The first-order valence-electron chi connectivity index (χ1n) is 14.5. The van der Waals surface area contributed by atoms with Crippen molar-refractivity contribution < 1.29 is 27.5 Å². The van der Waals surface area contributed by atoms with Crippen LogP contribution in [0.5, 0.6) is 11.5 Å². The lowest BCUT2D eigenvalue weighted by molar-refractivity contribution is -0.141. The van der Waals surface area contributed by atoms with E-state index in [0.29, 0.717) is 24.5 Å². The molecule has 0 unspecified atom stereocenters. The van der Waals surface area contributed by atoms with Crippen LogP contribution in [0.4, 0.5) is 5.69 Å². The maximum Gasteiger partial charge on any atom is 0.264 e. The zero-order valence-corrected chi connectivity index (χ0v) is 28.1. The van der Waals surface area contributed by atoms with Crippen LogP contribution < -0.4 is 19.1 Å². The van der Waals surface area contributed by atoms with E-state index < -0.39 is 34.1 Å². The number of amides is 2. The minimum atomic E-state index is -4.24. The average molecular weight is 642 g/mol. The van der Waals surface area contributed by atoms with Gasteiger partial charge in [-0.05, 0) is 94.5 Å². The molecule has 11 heteroatoms. The number of benzene rings is 3. The lowest BCUT2D eigenvalue weighted by atomic mass is 10.1. The number of carbonyl (C=O) groups excluding carboxylic acids is 2. The van der Waals surface area contributed by atoms with Gasteiger partial charge >= 0.3 is 0 Å². The molecule has 0 spiro atoms. The van der Waals surface area contributed by atoms with E-state index >= 15 is 0 Å². The third kappa shape index (κ3) is 8.92. The van der Waals surface area contributed by atoms with Crippen molar-refractivity contribution in [3.8, 4) is 11.5 Å². The predicted molar refractivity (Wildman–Crippen MR) is 176 cm³/mol. The summed E-state index contributed by atoms with van der Waals surface area (Å²) in [7, 11) is -2.68. The molecule has 0 aliphatic heterocycles. The molecule has 0 aliphatic carbocycles. The molecule has 44 heavy (non-hydrogen) atoms. The van der Waals surface area contributed by atoms with Crippen molar-refractivity contribution in [2.75, 3.05) is 30.8 Å². The van der Waals surface area contributed by atoms with Gasteiger partial charge in [-0.25, -0.2) is 8.42 Å². The van der Waals surface area contributed by atoms with Crippen LogP contribution in [0.3, 0.4) is 0 Å². The molecule has 0 saturated heterocycles. The van der Waals surface area contributed by atoms with E-state index in [1.807, 2.05) is 40.0 Å². The highest BCUT2D eigenvalue weighted by molar-refractivity contribution is 7.98. The molecule has 9 nitrogen and oxygen atoms in total. The predicted octanol–water partition coefficient (Wildman–Crippen LogP) is 5.73. The zero-order valence-electron chi connectivity index (χ0n) is 26.5. The van der Waals surface area contributed by atoms with E-state index in [1.165, 1.54) is 28.8 Å². The van der Waals surface area contributed by atoms with Gasteiger partial charge in [0.05, 0.1) is 24.3 Å². The first kappa shape index (κ1) is 34.8. The maximum atomic E-state index is 14.4. The summed E-state index contributed by atoms with van der Waals surface area (Å²) in [5, 5.41) is 2.98. The first-order chi connectivity index (χ1) is 20.8. The van der Waals surface area contributed by atoms with Crippen molar-refractivity contribution in [2.45, 2.75) is 69.0 Å². The summed E-state index contributed by atoms with van der Waals surface area (Å²) in [6.45, 7) is 9.04. The number of nitrogens with zero attached hydrogens (tertiary/aromatic N) is 2. The molecule has 238 valence electrons. The Bertz CT molecular complexity index is 1520. The SMILES string of the molecule is CCOc1ccccc1N(CC(=O)N(Cc1cccc(OC)c1)[C@H](CC)C(=O)NC(C)(C)C)S(=O)(=O)c1ccc(SC)cc1. The first-order valence-corrected chi connectivity index (χ1v) is 17.1. The Morgan fingerprint density at radius 2 is 1.66 bits per heavy atom. The van der Waals surface area contributed by atoms with E-state index in [-0.39, 0.29) is 23.0 Å². The molecule has 0 radical (unpaired) electrons. The highest BCUT2D eigenvalue weighted by Crippen LogP contribution is 2.33. The fraction of sp³-hybridized carbons (Fsp3) is 0.394. The van der Waals surface area contributed by atoms with Gasteiger partial charge in [-0.3, -0.25) is 13.9 Å². The van der Waals surface area contributed by atoms with Gasteiger partial charge < -0.3 is 19.7 Å². The third-order valence-corrected chi connectivity index (χ3v) is 9.25. The second-order valence-electron chi connectivity index (χ2n) is 11.1. The highest BCUT2D eigenvalue weighted by atomic mass is 32.2. The molecule has 1 atom stereocenters. The lowest BCUT2D eigenvalue weighted by Crippen LogP contribution is -2.55. The van der Waals surface area contributed by atoms with Gasteiger partial charge in [0.15, 0.2) is 0 Å². The second-order valence-corrected chi connectivity index (χ2v) is 13.9. The molecule has 3 rings (SSSR count). The van der Waals surface area contributed by atoms with Gasteiger partial charge in [0.2, 0.25) is 11.8 Å². The van der Waals surface area contributed by atoms with Crippen LogP contribution in [0.2, 0.25) is 0 Å². The number of rotatable bonds is 14. The van der Waals surface area contributed by atoms with E-state index in [0.717, 1.165) is 14.8 Å². The van der Waals surface area contributed by atoms with Gasteiger partial charge in [0, 0.05) is 17.0 Å². The summed E-state index contributed by atoms with van der Waals surface area (Å²) in [5.41, 5.74) is 0.422. The average Bonchev–Trinajstić information content (AvgIpc) is 2.99. The number of ether oxygens (including phenoxy) is 2. The minimum absolute atomic E-state index is 0.0336. The number of carbonyl (C=O) groups is 2. The number of hydrogen-bond donors (Lipinski definition) is 1. The van der Waals surface area contributed by atoms with E-state index in [1.54, 1.807) is 68.6 Å². The Hall–Kier alpha value is -3.70. The Kier molecular flexibility index (Phi) is 12.1. The topological polar surface area (TPSA) is 105 Å². The fourth-order valence-corrected chi connectivity index (χ4v) is 6.50. The molecule has 2 amide bonds. The van der Waals surface area contributed by atoms with Crippen LogP contribution in [-0.4, -0.2) is 63.2 Å². The Labute approximate surface area is 266 Å². The van der Waals surface area contributed by atoms with Crippen LogP contribution in [-0.2, 0) is 26.2 Å². The monoisotopic (exact) mass is 641 g/mol. The van der Waals surface area contributed by atoms with Crippen LogP contribution in [0.15, 0.2) is 82.6 Å². The molecule has 1 N–H and O–H groups in total. The van der Waals surface area contributed by atoms with Crippen molar-refractivity contribution in [2.24, 2.45) is 0 Å². The zero-order chi connectivity index (χ0) is 32.5. The number of nitrogens with one attached hydrogen (secondary N) is 1. The normalized spacial score (nSPS) is 12.2. The van der Waals surface area contributed by atoms with Crippen molar-refractivity contribution in [1.29, 1.82) is 0 Å². The van der Waals surface area contributed by atoms with E-state index in [2.05, 4.69) is 5.32 Å². The quantitative estimate of drug-likeness (QED) is 0.224. The Morgan fingerprint density at radius 3 is 2.25 bits per heavy atom. The van der Waals surface area contributed by atoms with Crippen LogP contribution in [0.25, 0.3) is 0 Å². The summed E-state index contributed by atoms with van der Waals surface area (Å²) < 4.78 is 40.7. The van der Waals surface area contributed by atoms with Crippen LogP contribution in [0, 0.1) is 0 Å². The number of sulfonamides is 1. The van der Waals surface area contributed by atoms with Crippen molar-refractivity contribution in [3.63, 3.8) is 0 Å². The second kappa shape index (κ2) is 15.3. The molecule has 0 saturated carbocycles. The highest BCUT2D eigenvalue weighted by Gasteiger charge is 2.35. The Balaban J connectivity index is 2.14. The molecule has 3 aromatic rings. The molecule has 0 heterocycles. The standard InChI is InChI=1S/C33H43N3O6S2/c1-8-28(32(38)34-33(3,4)5)35(22-24-13-12-14-25(21-24)41-6)31(37)23-36(29-15-10-11-16-30(29)42-9-2)44(39,40)27-19-17-26(43-7)18-20-27/h10-21,28H,8-9,22-23H2,1-7H3,(H,34,38)/t28-/m1/s1. The summed E-state index contributed by atoms with van der Waals surface area (Å²) in [4.78, 5) is 30.3. The summed E-state index contributed by atoms with van der Waals surface area (Å²) in [6.07, 6.45) is 2.22. The number of methoxy groups -OCH3 is 1. The van der Waals surface area contributed by atoms with Gasteiger partial charge in [-0.1, -0.05) is 31.2 Å². The number of hydrogen-bond acceptors (Lipinski definition) is 7. The number of anilines is 1. The van der Waals surface area contributed by atoms with Gasteiger partial charge in [-0.15, -0.1) is 11.8 Å². The van der Waals surface area contributed by atoms with Crippen LogP contribution >= 0.6 is 11.8 Å². The Morgan fingerprint density at radius 1 is 0.977 bits per heavy atom. The fourth-order valence-electron chi connectivity index (χ4n) is 4.67. The van der Waals surface area contributed by atoms with Crippen molar-refractivity contribution in [1.82, 2.24) is 10.2 Å². The smallest absolute Gasteiger partial charge is 0.264 e. The molecule has 0 aromatic heterocycles. The molecular weight excluding hydrogens is 599 g/mol. The molecule has 0 aliphatic rings. The minimum Gasteiger partial charge on any atom is -0.497 e.